The molecule has 3 heteroatoms. The summed E-state index contributed by atoms with van der Waals surface area (Å²) in [6.07, 6.45) is 3.42. The quantitative estimate of drug-likeness (QED) is 0.795. The summed E-state index contributed by atoms with van der Waals surface area (Å²) in [5, 5.41) is 0. The van der Waals surface area contributed by atoms with Crippen molar-refractivity contribution in [2.75, 3.05) is 0 Å². The molecule has 18 heavy (non-hydrogen) atoms. The van der Waals surface area contributed by atoms with Crippen LogP contribution in [0.4, 0.5) is 4.39 Å². The third-order valence-electron chi connectivity index (χ3n) is 3.55. The molecule has 2 rings (SSSR count). The highest BCUT2D eigenvalue weighted by molar-refractivity contribution is 5.16. The van der Waals surface area contributed by atoms with Gasteiger partial charge in [0.05, 0.1) is 24.9 Å². The molecule has 1 fully saturated rings. The molecule has 0 saturated carbocycles. The smallest absolute Gasteiger partial charge is 0.128 e. The van der Waals surface area contributed by atoms with E-state index in [2.05, 4.69) is 13.8 Å². The molecule has 100 valence electrons. The number of benzene rings is 1. The fourth-order valence-corrected chi connectivity index (χ4v) is 2.41. The van der Waals surface area contributed by atoms with Gasteiger partial charge in [0.15, 0.2) is 0 Å². The zero-order valence-electron chi connectivity index (χ0n) is 11.1. The lowest BCUT2D eigenvalue weighted by atomic mass is 10.1. The van der Waals surface area contributed by atoms with Gasteiger partial charge in [-0.15, -0.1) is 0 Å². The number of ether oxygens (including phenoxy) is 2. The average molecular weight is 252 g/mol. The van der Waals surface area contributed by atoms with Crippen LogP contribution >= 0.6 is 0 Å². The minimum absolute atomic E-state index is 0.0968. The third-order valence-corrected chi connectivity index (χ3v) is 3.55. The van der Waals surface area contributed by atoms with E-state index in [0.29, 0.717) is 18.3 Å². The second-order valence-corrected chi connectivity index (χ2v) is 4.79. The molecule has 1 aliphatic rings. The van der Waals surface area contributed by atoms with Crippen LogP contribution in [-0.4, -0.2) is 18.3 Å². The largest absolute Gasteiger partial charge is 0.372 e. The number of rotatable bonds is 5. The normalized spacial score (nSPS) is 27.6. The maximum Gasteiger partial charge on any atom is 0.128 e. The van der Waals surface area contributed by atoms with E-state index in [-0.39, 0.29) is 18.0 Å². The van der Waals surface area contributed by atoms with Crippen molar-refractivity contribution in [3.8, 4) is 0 Å². The highest BCUT2D eigenvalue weighted by Gasteiger charge is 2.33. The van der Waals surface area contributed by atoms with Crippen LogP contribution in [0.15, 0.2) is 24.3 Å². The lowest BCUT2D eigenvalue weighted by Crippen LogP contribution is -2.23. The first-order valence-electron chi connectivity index (χ1n) is 6.75. The van der Waals surface area contributed by atoms with Crippen molar-refractivity contribution in [3.63, 3.8) is 0 Å². The fourth-order valence-electron chi connectivity index (χ4n) is 2.41. The van der Waals surface area contributed by atoms with E-state index in [1.165, 1.54) is 6.07 Å². The maximum atomic E-state index is 13.5. The summed E-state index contributed by atoms with van der Waals surface area (Å²) >= 11 is 0. The van der Waals surface area contributed by atoms with Gasteiger partial charge < -0.3 is 9.47 Å². The highest BCUT2D eigenvalue weighted by Crippen LogP contribution is 2.28. The molecule has 1 aliphatic heterocycles. The highest BCUT2D eigenvalue weighted by atomic mass is 19.1. The van der Waals surface area contributed by atoms with Crippen LogP contribution in [0.2, 0.25) is 0 Å². The van der Waals surface area contributed by atoms with Crippen LogP contribution in [-0.2, 0) is 16.1 Å². The Bertz CT molecular complexity index is 381. The molecule has 0 aliphatic carbocycles. The van der Waals surface area contributed by atoms with Gasteiger partial charge in [0.1, 0.15) is 5.82 Å². The SMILES string of the molecule is CCC1CC(OCc2ccccc2F)C(CC)O1. The number of halogens is 1. The first-order valence-corrected chi connectivity index (χ1v) is 6.75. The van der Waals surface area contributed by atoms with Gasteiger partial charge in [-0.3, -0.25) is 0 Å². The molecule has 0 N–H and O–H groups in total. The van der Waals surface area contributed by atoms with Crippen LogP contribution in [0.3, 0.4) is 0 Å². The van der Waals surface area contributed by atoms with Gasteiger partial charge in [-0.25, -0.2) is 4.39 Å². The van der Waals surface area contributed by atoms with Crippen molar-refractivity contribution in [3.05, 3.63) is 35.6 Å². The summed E-state index contributed by atoms with van der Waals surface area (Å²) in [6, 6.07) is 6.76. The maximum absolute atomic E-state index is 13.5. The van der Waals surface area contributed by atoms with Crippen LogP contribution < -0.4 is 0 Å². The Morgan fingerprint density at radius 2 is 2.06 bits per heavy atom. The van der Waals surface area contributed by atoms with Crippen molar-refractivity contribution in [2.45, 2.75) is 58.0 Å². The van der Waals surface area contributed by atoms with Crippen molar-refractivity contribution in [1.82, 2.24) is 0 Å². The minimum Gasteiger partial charge on any atom is -0.372 e. The third kappa shape index (κ3) is 3.09. The number of hydrogen-bond acceptors (Lipinski definition) is 2. The molecule has 0 bridgehead atoms. The Labute approximate surface area is 108 Å². The number of hydrogen-bond donors (Lipinski definition) is 0. The molecule has 1 heterocycles. The second-order valence-electron chi connectivity index (χ2n) is 4.79. The Morgan fingerprint density at radius 3 is 2.72 bits per heavy atom. The Hall–Kier alpha value is -0.930. The molecule has 0 amide bonds. The molecular formula is C15H21FO2. The zero-order valence-corrected chi connectivity index (χ0v) is 11.1. The predicted molar refractivity (Wildman–Crippen MR) is 68.8 cm³/mol. The molecule has 0 spiro atoms. The summed E-state index contributed by atoms with van der Waals surface area (Å²) in [4.78, 5) is 0. The lowest BCUT2D eigenvalue weighted by Gasteiger charge is -2.17. The van der Waals surface area contributed by atoms with Crippen LogP contribution in [0.25, 0.3) is 0 Å². The van der Waals surface area contributed by atoms with E-state index in [0.717, 1.165) is 19.3 Å². The standard InChI is InChI=1S/C15H21FO2/c1-3-12-9-15(14(4-2)18-12)17-10-11-7-5-6-8-13(11)16/h5-8,12,14-15H,3-4,9-10H2,1-2H3. The van der Waals surface area contributed by atoms with Crippen LogP contribution in [0.1, 0.15) is 38.7 Å². The van der Waals surface area contributed by atoms with Gasteiger partial charge in [-0.1, -0.05) is 32.0 Å². The van der Waals surface area contributed by atoms with Gasteiger partial charge in [-0.05, 0) is 18.9 Å². The van der Waals surface area contributed by atoms with Gasteiger partial charge in [0.2, 0.25) is 0 Å². The monoisotopic (exact) mass is 252 g/mol. The average Bonchev–Trinajstić information content (AvgIpc) is 2.80. The molecular weight excluding hydrogens is 231 g/mol. The van der Waals surface area contributed by atoms with E-state index in [1.54, 1.807) is 12.1 Å². The molecule has 1 saturated heterocycles. The molecule has 1 aromatic rings. The van der Waals surface area contributed by atoms with Crippen LogP contribution in [0, 0.1) is 5.82 Å². The fraction of sp³-hybridized carbons (Fsp3) is 0.600. The molecule has 1 aromatic carbocycles. The van der Waals surface area contributed by atoms with Gasteiger partial charge in [0.25, 0.3) is 0 Å². The molecule has 3 atom stereocenters. The molecule has 2 nitrogen and oxygen atoms in total. The van der Waals surface area contributed by atoms with E-state index >= 15 is 0 Å². The molecule has 3 unspecified atom stereocenters. The zero-order chi connectivity index (χ0) is 13.0. The second kappa shape index (κ2) is 6.30. The summed E-state index contributed by atoms with van der Waals surface area (Å²) in [5.74, 6) is -0.198. The van der Waals surface area contributed by atoms with Gasteiger partial charge >= 0.3 is 0 Å². The van der Waals surface area contributed by atoms with Gasteiger partial charge in [0, 0.05) is 12.0 Å². The Balaban J connectivity index is 1.91. The minimum atomic E-state index is -0.198. The molecule has 0 aromatic heterocycles. The first kappa shape index (κ1) is 13.5. The molecule has 0 radical (unpaired) electrons. The van der Waals surface area contributed by atoms with E-state index in [4.69, 9.17) is 9.47 Å². The van der Waals surface area contributed by atoms with Crippen molar-refractivity contribution in [1.29, 1.82) is 0 Å². The lowest BCUT2D eigenvalue weighted by molar-refractivity contribution is -0.0309. The summed E-state index contributed by atoms with van der Waals surface area (Å²) in [7, 11) is 0. The van der Waals surface area contributed by atoms with E-state index in [1.807, 2.05) is 6.07 Å². The summed E-state index contributed by atoms with van der Waals surface area (Å²) in [6.45, 7) is 4.55. The van der Waals surface area contributed by atoms with Crippen molar-refractivity contribution < 1.29 is 13.9 Å². The Kier molecular flexibility index (Phi) is 4.72. The van der Waals surface area contributed by atoms with Gasteiger partial charge in [-0.2, -0.15) is 0 Å². The first-order chi connectivity index (χ1) is 8.74. The predicted octanol–water partition coefficient (Wildman–Crippen LogP) is 3.69. The van der Waals surface area contributed by atoms with Crippen molar-refractivity contribution >= 4 is 0 Å². The van der Waals surface area contributed by atoms with Crippen molar-refractivity contribution in [2.24, 2.45) is 0 Å². The Morgan fingerprint density at radius 1 is 1.28 bits per heavy atom. The van der Waals surface area contributed by atoms with E-state index in [9.17, 15) is 4.39 Å². The summed E-state index contributed by atoms with van der Waals surface area (Å²) < 4.78 is 25.2. The topological polar surface area (TPSA) is 18.5 Å². The van der Waals surface area contributed by atoms with Crippen LogP contribution in [0.5, 0.6) is 0 Å². The van der Waals surface area contributed by atoms with E-state index < -0.39 is 0 Å². The summed E-state index contributed by atoms with van der Waals surface area (Å²) in [5.41, 5.74) is 0.618.